The van der Waals surface area contributed by atoms with Crippen molar-refractivity contribution in [2.45, 2.75) is 13.0 Å². The minimum atomic E-state index is 0.828. The SMILES string of the molecule is COc1ccc2nc(-c3ccc(N4CCc5sccc5C4)cc3)cn2c1. The molecule has 26 heavy (non-hydrogen) atoms. The fraction of sp³-hybridized carbons (Fsp3) is 0.190. The van der Waals surface area contributed by atoms with Crippen LogP contribution in [0.5, 0.6) is 5.75 Å². The van der Waals surface area contributed by atoms with Crippen LogP contribution < -0.4 is 9.64 Å². The lowest BCUT2D eigenvalue weighted by Crippen LogP contribution is -2.29. The van der Waals surface area contributed by atoms with Crippen LogP contribution in [-0.4, -0.2) is 23.0 Å². The summed E-state index contributed by atoms with van der Waals surface area (Å²) in [6.07, 6.45) is 5.14. The molecule has 5 rings (SSSR count). The molecule has 0 amide bonds. The predicted octanol–water partition coefficient (Wildman–Crippen LogP) is 4.63. The summed E-state index contributed by atoms with van der Waals surface area (Å²) in [5.74, 6) is 0.828. The van der Waals surface area contributed by atoms with Crippen molar-refractivity contribution in [2.24, 2.45) is 0 Å². The number of fused-ring (bicyclic) bond motifs is 2. The van der Waals surface area contributed by atoms with Gasteiger partial charge in [-0.05, 0) is 47.7 Å². The Bertz CT molecular complexity index is 1060. The zero-order valence-corrected chi connectivity index (χ0v) is 15.4. The molecule has 1 aromatic carbocycles. The van der Waals surface area contributed by atoms with Crippen LogP contribution in [0.25, 0.3) is 16.9 Å². The molecule has 0 bridgehead atoms. The summed E-state index contributed by atoms with van der Waals surface area (Å²) in [7, 11) is 1.68. The van der Waals surface area contributed by atoms with Crippen molar-refractivity contribution in [1.82, 2.24) is 9.38 Å². The average Bonchev–Trinajstić information content (AvgIpc) is 3.33. The van der Waals surface area contributed by atoms with Gasteiger partial charge in [0.15, 0.2) is 0 Å². The van der Waals surface area contributed by atoms with Crippen LogP contribution in [0.4, 0.5) is 5.69 Å². The number of methoxy groups -OCH3 is 1. The topological polar surface area (TPSA) is 29.8 Å². The molecule has 0 aliphatic carbocycles. The molecule has 0 radical (unpaired) electrons. The van der Waals surface area contributed by atoms with Crippen molar-refractivity contribution in [3.05, 3.63) is 70.7 Å². The average molecular weight is 361 g/mol. The zero-order chi connectivity index (χ0) is 17.5. The van der Waals surface area contributed by atoms with Gasteiger partial charge in [0.05, 0.1) is 19.0 Å². The smallest absolute Gasteiger partial charge is 0.137 e. The molecule has 0 unspecified atom stereocenters. The van der Waals surface area contributed by atoms with E-state index in [2.05, 4.69) is 40.6 Å². The van der Waals surface area contributed by atoms with Crippen LogP contribution in [0.2, 0.25) is 0 Å². The Morgan fingerprint density at radius 1 is 1.04 bits per heavy atom. The molecule has 1 aliphatic heterocycles. The highest BCUT2D eigenvalue weighted by Gasteiger charge is 2.17. The number of imidazole rings is 1. The first-order chi connectivity index (χ1) is 12.8. The highest BCUT2D eigenvalue weighted by Crippen LogP contribution is 2.29. The van der Waals surface area contributed by atoms with Crippen LogP contribution in [0.3, 0.4) is 0 Å². The van der Waals surface area contributed by atoms with Crippen LogP contribution in [0.15, 0.2) is 60.2 Å². The van der Waals surface area contributed by atoms with Gasteiger partial charge >= 0.3 is 0 Å². The summed E-state index contributed by atoms with van der Waals surface area (Å²) in [6.45, 7) is 2.09. The van der Waals surface area contributed by atoms with Gasteiger partial charge in [0.1, 0.15) is 11.4 Å². The Balaban J connectivity index is 1.41. The largest absolute Gasteiger partial charge is 0.495 e. The van der Waals surface area contributed by atoms with Gasteiger partial charge in [-0.15, -0.1) is 11.3 Å². The van der Waals surface area contributed by atoms with Gasteiger partial charge in [-0.1, -0.05) is 12.1 Å². The molecule has 1 aliphatic rings. The Morgan fingerprint density at radius 2 is 1.92 bits per heavy atom. The maximum absolute atomic E-state index is 5.29. The van der Waals surface area contributed by atoms with Crippen molar-refractivity contribution < 1.29 is 4.74 Å². The van der Waals surface area contributed by atoms with E-state index in [1.807, 2.05) is 40.3 Å². The predicted molar refractivity (Wildman–Crippen MR) is 106 cm³/mol. The number of pyridine rings is 1. The molecule has 0 fully saturated rings. The van der Waals surface area contributed by atoms with Crippen molar-refractivity contribution >= 4 is 22.7 Å². The second-order valence-electron chi connectivity index (χ2n) is 6.55. The third kappa shape index (κ3) is 2.65. The number of ether oxygens (including phenoxy) is 1. The minimum Gasteiger partial charge on any atom is -0.495 e. The van der Waals surface area contributed by atoms with E-state index in [1.165, 1.54) is 16.1 Å². The van der Waals surface area contributed by atoms with Crippen LogP contribution >= 0.6 is 11.3 Å². The normalized spacial score (nSPS) is 13.8. The first-order valence-electron chi connectivity index (χ1n) is 8.73. The van der Waals surface area contributed by atoms with Gasteiger partial charge < -0.3 is 14.0 Å². The molecule has 0 saturated heterocycles. The number of hydrogen-bond donors (Lipinski definition) is 0. The van der Waals surface area contributed by atoms with E-state index in [0.717, 1.165) is 42.2 Å². The first-order valence-corrected chi connectivity index (χ1v) is 9.61. The number of hydrogen-bond acceptors (Lipinski definition) is 4. The quantitative estimate of drug-likeness (QED) is 0.533. The van der Waals surface area contributed by atoms with E-state index in [9.17, 15) is 0 Å². The van der Waals surface area contributed by atoms with Crippen molar-refractivity contribution in [1.29, 1.82) is 0 Å². The molecular formula is C21H19N3OS. The molecule has 3 aromatic heterocycles. The lowest BCUT2D eigenvalue weighted by Gasteiger charge is -2.29. The first kappa shape index (κ1) is 15.5. The molecular weight excluding hydrogens is 342 g/mol. The number of benzene rings is 1. The van der Waals surface area contributed by atoms with Gasteiger partial charge in [0.2, 0.25) is 0 Å². The Kier molecular flexibility index (Phi) is 3.68. The zero-order valence-electron chi connectivity index (χ0n) is 14.6. The van der Waals surface area contributed by atoms with Gasteiger partial charge in [-0.25, -0.2) is 4.98 Å². The van der Waals surface area contributed by atoms with Crippen molar-refractivity contribution in [3.63, 3.8) is 0 Å². The maximum Gasteiger partial charge on any atom is 0.137 e. The van der Waals surface area contributed by atoms with E-state index in [4.69, 9.17) is 9.72 Å². The monoisotopic (exact) mass is 361 g/mol. The van der Waals surface area contributed by atoms with Crippen molar-refractivity contribution in [3.8, 4) is 17.0 Å². The highest BCUT2D eigenvalue weighted by atomic mass is 32.1. The summed E-state index contributed by atoms with van der Waals surface area (Å²) in [4.78, 5) is 8.71. The molecule has 0 N–H and O–H groups in total. The summed E-state index contributed by atoms with van der Waals surface area (Å²) in [6, 6.07) is 14.9. The second kappa shape index (κ2) is 6.18. The third-order valence-corrected chi connectivity index (χ3v) is 6.02. The number of aromatic nitrogens is 2. The van der Waals surface area contributed by atoms with Crippen LogP contribution in [0, 0.1) is 0 Å². The standard InChI is InChI=1S/C21H19N3OS/c1-25-18-6-7-21-22-19(14-24(21)13-18)15-2-4-17(5-3-15)23-10-8-20-16(12-23)9-11-26-20/h2-7,9,11,13-14H,8,10,12H2,1H3. The summed E-state index contributed by atoms with van der Waals surface area (Å²) >= 11 is 1.88. The molecule has 4 nitrogen and oxygen atoms in total. The number of rotatable bonds is 3. The summed E-state index contributed by atoms with van der Waals surface area (Å²) in [5.41, 5.74) is 5.77. The summed E-state index contributed by atoms with van der Waals surface area (Å²) < 4.78 is 7.29. The second-order valence-corrected chi connectivity index (χ2v) is 7.55. The molecule has 0 spiro atoms. The molecule has 4 aromatic rings. The van der Waals surface area contributed by atoms with Gasteiger partial charge in [-0.3, -0.25) is 0 Å². The Labute approximate surface area is 156 Å². The molecule has 0 saturated carbocycles. The van der Waals surface area contributed by atoms with E-state index in [1.54, 1.807) is 7.11 Å². The van der Waals surface area contributed by atoms with Gasteiger partial charge in [0.25, 0.3) is 0 Å². The van der Waals surface area contributed by atoms with Crippen molar-refractivity contribution in [2.75, 3.05) is 18.6 Å². The number of anilines is 1. The van der Waals surface area contributed by atoms with Gasteiger partial charge in [0, 0.05) is 35.4 Å². The fourth-order valence-corrected chi connectivity index (χ4v) is 4.43. The number of nitrogens with zero attached hydrogens (tertiary/aromatic N) is 3. The number of thiophene rings is 1. The molecule has 5 heteroatoms. The molecule has 130 valence electrons. The third-order valence-electron chi connectivity index (χ3n) is 5.00. The Morgan fingerprint density at radius 3 is 2.77 bits per heavy atom. The van der Waals surface area contributed by atoms with Crippen LogP contribution in [-0.2, 0) is 13.0 Å². The van der Waals surface area contributed by atoms with E-state index in [-0.39, 0.29) is 0 Å². The molecule has 4 heterocycles. The minimum absolute atomic E-state index is 0.828. The summed E-state index contributed by atoms with van der Waals surface area (Å²) in [5, 5.41) is 2.20. The van der Waals surface area contributed by atoms with E-state index in [0.29, 0.717) is 0 Å². The lowest BCUT2D eigenvalue weighted by molar-refractivity contribution is 0.412. The van der Waals surface area contributed by atoms with E-state index >= 15 is 0 Å². The van der Waals surface area contributed by atoms with Crippen LogP contribution in [0.1, 0.15) is 10.4 Å². The fourth-order valence-electron chi connectivity index (χ4n) is 3.54. The Hall–Kier alpha value is -2.79. The van der Waals surface area contributed by atoms with Gasteiger partial charge in [-0.2, -0.15) is 0 Å². The van der Waals surface area contributed by atoms with E-state index < -0.39 is 0 Å². The lowest BCUT2D eigenvalue weighted by atomic mass is 10.1. The maximum atomic E-state index is 5.29. The highest BCUT2D eigenvalue weighted by molar-refractivity contribution is 7.10. The molecule has 0 atom stereocenters.